The Kier molecular flexibility index (Phi) is 2.54. The summed E-state index contributed by atoms with van der Waals surface area (Å²) in [6.45, 7) is 4.28. The van der Waals surface area contributed by atoms with Gasteiger partial charge in [-0.3, -0.25) is 4.79 Å². The van der Waals surface area contributed by atoms with E-state index in [2.05, 4.69) is 17.1 Å². The molecule has 0 aromatic heterocycles. The summed E-state index contributed by atoms with van der Waals surface area (Å²) in [5.74, 6) is 0.362. The van der Waals surface area contributed by atoms with Crippen molar-refractivity contribution in [1.29, 1.82) is 0 Å². The van der Waals surface area contributed by atoms with Crippen molar-refractivity contribution in [3.8, 4) is 0 Å². The zero-order valence-electron chi connectivity index (χ0n) is 8.25. The van der Waals surface area contributed by atoms with E-state index in [0.717, 1.165) is 25.9 Å². The fourth-order valence-electron chi connectivity index (χ4n) is 2.47. The third kappa shape index (κ3) is 1.70. The quantitative estimate of drug-likeness (QED) is 0.649. The minimum Gasteiger partial charge on any atom is -0.338 e. The third-order valence-corrected chi connectivity index (χ3v) is 3.23. The molecule has 0 saturated carbocycles. The van der Waals surface area contributed by atoms with E-state index in [9.17, 15) is 4.79 Å². The Morgan fingerprint density at radius 3 is 2.92 bits per heavy atom. The van der Waals surface area contributed by atoms with E-state index in [-0.39, 0.29) is 0 Å². The first kappa shape index (κ1) is 9.00. The van der Waals surface area contributed by atoms with E-state index in [4.69, 9.17) is 0 Å². The molecule has 1 amide bonds. The fraction of sp³-hybridized carbons (Fsp3) is 0.900. The number of carbonyl (C=O) groups excluding carboxylic acids is 1. The molecule has 2 atom stereocenters. The predicted molar refractivity (Wildman–Crippen MR) is 51.4 cm³/mol. The van der Waals surface area contributed by atoms with Gasteiger partial charge in [0.25, 0.3) is 0 Å². The van der Waals surface area contributed by atoms with Crippen LogP contribution in [0.15, 0.2) is 0 Å². The van der Waals surface area contributed by atoms with Crippen molar-refractivity contribution >= 4 is 5.91 Å². The molecule has 2 rings (SSSR count). The SMILES string of the molecule is CC1NCCCC1N1CCCC1=O. The van der Waals surface area contributed by atoms with Gasteiger partial charge in [-0.15, -0.1) is 0 Å². The lowest BCUT2D eigenvalue weighted by molar-refractivity contribution is -0.130. The van der Waals surface area contributed by atoms with E-state index in [0.29, 0.717) is 18.0 Å². The van der Waals surface area contributed by atoms with Crippen LogP contribution in [0.5, 0.6) is 0 Å². The molecule has 2 heterocycles. The van der Waals surface area contributed by atoms with Gasteiger partial charge < -0.3 is 10.2 Å². The van der Waals surface area contributed by atoms with Gasteiger partial charge in [0.05, 0.1) is 0 Å². The summed E-state index contributed by atoms with van der Waals surface area (Å²) in [5, 5.41) is 3.44. The summed E-state index contributed by atoms with van der Waals surface area (Å²) in [4.78, 5) is 13.6. The van der Waals surface area contributed by atoms with Crippen molar-refractivity contribution < 1.29 is 4.79 Å². The lowest BCUT2D eigenvalue weighted by Gasteiger charge is -2.36. The van der Waals surface area contributed by atoms with Gasteiger partial charge >= 0.3 is 0 Å². The molecule has 0 radical (unpaired) electrons. The Balaban J connectivity index is 2.01. The summed E-state index contributed by atoms with van der Waals surface area (Å²) in [6, 6.07) is 0.944. The molecule has 0 spiro atoms. The van der Waals surface area contributed by atoms with Crippen molar-refractivity contribution in [2.75, 3.05) is 13.1 Å². The van der Waals surface area contributed by atoms with Gasteiger partial charge in [0.15, 0.2) is 0 Å². The highest BCUT2D eigenvalue weighted by Crippen LogP contribution is 2.21. The molecule has 0 aliphatic carbocycles. The number of amides is 1. The topological polar surface area (TPSA) is 32.3 Å². The predicted octanol–water partition coefficient (Wildman–Crippen LogP) is 0.749. The summed E-state index contributed by atoms with van der Waals surface area (Å²) in [5.41, 5.74) is 0. The van der Waals surface area contributed by atoms with Crippen LogP contribution in [-0.2, 0) is 4.79 Å². The third-order valence-electron chi connectivity index (χ3n) is 3.23. The number of hydrogen-bond acceptors (Lipinski definition) is 2. The second-order valence-corrected chi connectivity index (χ2v) is 4.14. The molecule has 3 heteroatoms. The first-order valence-corrected chi connectivity index (χ1v) is 5.32. The average Bonchev–Trinajstić information content (AvgIpc) is 2.52. The molecule has 3 nitrogen and oxygen atoms in total. The van der Waals surface area contributed by atoms with Crippen LogP contribution in [0, 0.1) is 0 Å². The number of carbonyl (C=O) groups is 1. The summed E-state index contributed by atoms with van der Waals surface area (Å²) in [6.07, 6.45) is 4.21. The lowest BCUT2D eigenvalue weighted by atomic mass is 9.98. The fourth-order valence-corrected chi connectivity index (χ4v) is 2.47. The maximum atomic E-state index is 11.5. The van der Waals surface area contributed by atoms with Crippen molar-refractivity contribution in [1.82, 2.24) is 10.2 Å². The minimum atomic E-state index is 0.362. The van der Waals surface area contributed by atoms with Crippen molar-refractivity contribution in [3.63, 3.8) is 0 Å². The molecule has 0 aromatic rings. The molecular formula is C10H18N2O. The highest BCUT2D eigenvalue weighted by Gasteiger charge is 2.32. The van der Waals surface area contributed by atoms with Crippen LogP contribution in [-0.4, -0.2) is 36.0 Å². The van der Waals surface area contributed by atoms with Crippen molar-refractivity contribution in [2.24, 2.45) is 0 Å². The Morgan fingerprint density at radius 1 is 1.46 bits per heavy atom. The second kappa shape index (κ2) is 3.66. The standard InChI is InChI=1S/C10H18N2O/c1-8-9(4-2-6-11-8)12-7-3-5-10(12)13/h8-9,11H,2-7H2,1H3. The Morgan fingerprint density at radius 2 is 2.31 bits per heavy atom. The van der Waals surface area contributed by atoms with Gasteiger partial charge in [-0.1, -0.05) is 0 Å². The van der Waals surface area contributed by atoms with Crippen LogP contribution in [0.2, 0.25) is 0 Å². The maximum Gasteiger partial charge on any atom is 0.222 e. The largest absolute Gasteiger partial charge is 0.338 e. The summed E-state index contributed by atoms with van der Waals surface area (Å²) >= 11 is 0. The lowest BCUT2D eigenvalue weighted by Crippen LogP contribution is -2.52. The molecule has 0 bridgehead atoms. The Hall–Kier alpha value is -0.570. The van der Waals surface area contributed by atoms with Gasteiger partial charge in [0.1, 0.15) is 0 Å². The highest BCUT2D eigenvalue weighted by atomic mass is 16.2. The van der Waals surface area contributed by atoms with E-state index >= 15 is 0 Å². The van der Waals surface area contributed by atoms with Crippen molar-refractivity contribution in [3.05, 3.63) is 0 Å². The molecule has 2 fully saturated rings. The van der Waals surface area contributed by atoms with Gasteiger partial charge in [0.2, 0.25) is 5.91 Å². The summed E-state index contributed by atoms with van der Waals surface area (Å²) < 4.78 is 0. The van der Waals surface area contributed by atoms with Gasteiger partial charge in [-0.05, 0) is 32.7 Å². The van der Waals surface area contributed by atoms with Crippen LogP contribution in [0.25, 0.3) is 0 Å². The monoisotopic (exact) mass is 182 g/mol. The van der Waals surface area contributed by atoms with Crippen LogP contribution in [0.4, 0.5) is 0 Å². The number of piperidine rings is 1. The normalized spacial score (nSPS) is 35.5. The number of hydrogen-bond donors (Lipinski definition) is 1. The first-order chi connectivity index (χ1) is 6.29. The summed E-state index contributed by atoms with van der Waals surface area (Å²) in [7, 11) is 0. The maximum absolute atomic E-state index is 11.5. The molecule has 2 aliphatic rings. The minimum absolute atomic E-state index is 0.362. The van der Waals surface area contributed by atoms with Gasteiger partial charge in [0, 0.05) is 25.0 Å². The van der Waals surface area contributed by atoms with Gasteiger partial charge in [-0.2, -0.15) is 0 Å². The van der Waals surface area contributed by atoms with E-state index in [1.54, 1.807) is 0 Å². The highest BCUT2D eigenvalue weighted by molar-refractivity contribution is 5.78. The number of nitrogens with one attached hydrogen (secondary N) is 1. The molecule has 0 aromatic carbocycles. The van der Waals surface area contributed by atoms with Crippen LogP contribution in [0.3, 0.4) is 0 Å². The number of rotatable bonds is 1. The Labute approximate surface area is 79.5 Å². The number of nitrogens with zero attached hydrogens (tertiary/aromatic N) is 1. The molecule has 2 aliphatic heterocycles. The molecule has 1 N–H and O–H groups in total. The van der Waals surface area contributed by atoms with Crippen molar-refractivity contribution in [2.45, 2.75) is 44.7 Å². The zero-order chi connectivity index (χ0) is 9.26. The van der Waals surface area contributed by atoms with Crippen LogP contribution < -0.4 is 5.32 Å². The molecule has 2 unspecified atom stereocenters. The zero-order valence-corrected chi connectivity index (χ0v) is 8.25. The van der Waals surface area contributed by atoms with E-state index in [1.165, 1.54) is 12.8 Å². The molecule has 2 saturated heterocycles. The average molecular weight is 182 g/mol. The second-order valence-electron chi connectivity index (χ2n) is 4.14. The molecule has 13 heavy (non-hydrogen) atoms. The first-order valence-electron chi connectivity index (χ1n) is 5.32. The van der Waals surface area contributed by atoms with Crippen LogP contribution in [0.1, 0.15) is 32.6 Å². The van der Waals surface area contributed by atoms with E-state index < -0.39 is 0 Å². The van der Waals surface area contributed by atoms with Gasteiger partial charge in [-0.25, -0.2) is 0 Å². The van der Waals surface area contributed by atoms with E-state index in [1.807, 2.05) is 0 Å². The Bertz CT molecular complexity index is 205. The molecular weight excluding hydrogens is 164 g/mol. The van der Waals surface area contributed by atoms with Crippen LogP contribution >= 0.6 is 0 Å². The number of likely N-dealkylation sites (tertiary alicyclic amines) is 1. The smallest absolute Gasteiger partial charge is 0.222 e. The molecule has 74 valence electrons.